The van der Waals surface area contributed by atoms with Crippen LogP contribution in [0.5, 0.6) is 0 Å². The summed E-state index contributed by atoms with van der Waals surface area (Å²) in [6.45, 7) is 2.01. The molecule has 2 heterocycles. The van der Waals surface area contributed by atoms with Crippen LogP contribution in [0, 0.1) is 0 Å². The summed E-state index contributed by atoms with van der Waals surface area (Å²) < 4.78 is 0. The van der Waals surface area contributed by atoms with Gasteiger partial charge >= 0.3 is 0 Å². The first-order chi connectivity index (χ1) is 10.3. The number of nitrogens with one attached hydrogen (secondary N) is 3. The first-order valence-corrected chi connectivity index (χ1v) is 6.46. The molecule has 0 aliphatic rings. The van der Waals surface area contributed by atoms with Gasteiger partial charge in [0, 0.05) is 22.9 Å². The van der Waals surface area contributed by atoms with Crippen LogP contribution in [-0.4, -0.2) is 36.7 Å². The molecule has 106 valence electrons. The van der Waals surface area contributed by atoms with Crippen LogP contribution in [0.3, 0.4) is 0 Å². The zero-order valence-electron chi connectivity index (χ0n) is 11.3. The number of carbonyl (C=O) groups excluding carboxylic acids is 1. The molecule has 0 spiro atoms. The van der Waals surface area contributed by atoms with Crippen LogP contribution in [0.15, 0.2) is 30.3 Å². The van der Waals surface area contributed by atoms with Gasteiger partial charge in [-0.2, -0.15) is 10.3 Å². The number of amides is 1. The van der Waals surface area contributed by atoms with Crippen molar-refractivity contribution < 1.29 is 4.79 Å². The van der Waals surface area contributed by atoms with E-state index in [1.807, 2.05) is 13.0 Å². The fourth-order valence-electron chi connectivity index (χ4n) is 1.85. The Labute approximate surface area is 120 Å². The number of hydrogen-bond donors (Lipinski definition) is 3. The van der Waals surface area contributed by atoms with Gasteiger partial charge in [0.2, 0.25) is 5.82 Å². The van der Waals surface area contributed by atoms with Crippen molar-refractivity contribution in [3.05, 3.63) is 41.6 Å². The second-order valence-corrected chi connectivity index (χ2v) is 4.40. The van der Waals surface area contributed by atoms with Gasteiger partial charge in [-0.05, 0) is 23.8 Å². The topological polar surface area (TPSA) is 112 Å². The summed E-state index contributed by atoms with van der Waals surface area (Å²) in [6.07, 6.45) is 0.836. The van der Waals surface area contributed by atoms with Gasteiger partial charge < -0.3 is 5.32 Å². The van der Waals surface area contributed by atoms with Crippen molar-refractivity contribution in [3.63, 3.8) is 0 Å². The van der Waals surface area contributed by atoms with Gasteiger partial charge in [0.1, 0.15) is 0 Å². The van der Waals surface area contributed by atoms with Gasteiger partial charge in [-0.3, -0.25) is 9.89 Å². The Balaban J connectivity index is 1.73. The van der Waals surface area contributed by atoms with E-state index in [2.05, 4.69) is 36.1 Å². The number of nitrogens with zero attached hydrogens (tertiary/aromatic N) is 4. The van der Waals surface area contributed by atoms with Crippen molar-refractivity contribution in [2.24, 2.45) is 0 Å². The van der Waals surface area contributed by atoms with Crippen molar-refractivity contribution in [3.8, 4) is 11.4 Å². The standard InChI is InChI=1S/C13H13N7O/c1-2-10-7-11(16-15-10)14-13(21)9-5-3-8(4-6-9)12-17-19-20-18-12/h3-7H,2H2,1H3,(H2,14,15,16,21)(H,17,18,19,20). The highest BCUT2D eigenvalue weighted by Gasteiger charge is 2.09. The SMILES string of the molecule is CCc1cc(NC(=O)c2ccc(-c3nn[nH]n3)cc2)n[nH]1. The molecule has 0 saturated carbocycles. The minimum Gasteiger partial charge on any atom is -0.305 e. The van der Waals surface area contributed by atoms with Gasteiger partial charge in [0.15, 0.2) is 5.82 Å². The molecule has 8 nitrogen and oxygen atoms in total. The number of aromatic nitrogens is 6. The summed E-state index contributed by atoms with van der Waals surface area (Å²) in [4.78, 5) is 12.1. The molecule has 0 radical (unpaired) electrons. The van der Waals surface area contributed by atoms with E-state index in [-0.39, 0.29) is 5.91 Å². The Morgan fingerprint density at radius 2 is 2.05 bits per heavy atom. The van der Waals surface area contributed by atoms with Gasteiger partial charge in [-0.1, -0.05) is 19.1 Å². The molecule has 0 fully saturated rings. The third-order valence-electron chi connectivity index (χ3n) is 3.00. The molecule has 8 heteroatoms. The number of anilines is 1. The average molecular weight is 283 g/mol. The van der Waals surface area contributed by atoms with Crippen molar-refractivity contribution in [2.45, 2.75) is 13.3 Å². The molecule has 0 unspecified atom stereocenters. The summed E-state index contributed by atoms with van der Waals surface area (Å²) in [7, 11) is 0. The molecular formula is C13H13N7O. The summed E-state index contributed by atoms with van der Waals surface area (Å²) in [5.74, 6) is 0.782. The van der Waals surface area contributed by atoms with E-state index in [1.54, 1.807) is 24.3 Å². The first kappa shape index (κ1) is 13.0. The Kier molecular flexibility index (Phi) is 3.42. The molecule has 0 atom stereocenters. The fourth-order valence-corrected chi connectivity index (χ4v) is 1.85. The van der Waals surface area contributed by atoms with Gasteiger partial charge in [0.25, 0.3) is 5.91 Å². The van der Waals surface area contributed by atoms with Crippen LogP contribution < -0.4 is 5.32 Å². The van der Waals surface area contributed by atoms with E-state index < -0.39 is 0 Å². The van der Waals surface area contributed by atoms with Crippen LogP contribution in [0.25, 0.3) is 11.4 Å². The third kappa shape index (κ3) is 2.78. The predicted molar refractivity (Wildman–Crippen MR) is 75.5 cm³/mol. The highest BCUT2D eigenvalue weighted by molar-refractivity contribution is 6.03. The van der Waals surface area contributed by atoms with E-state index in [4.69, 9.17) is 0 Å². The normalized spacial score (nSPS) is 10.5. The van der Waals surface area contributed by atoms with Crippen LogP contribution in [0.2, 0.25) is 0 Å². The first-order valence-electron chi connectivity index (χ1n) is 6.46. The number of tetrazole rings is 1. The molecule has 0 bridgehead atoms. The second kappa shape index (κ2) is 5.53. The van der Waals surface area contributed by atoms with E-state index in [0.29, 0.717) is 17.2 Å². The lowest BCUT2D eigenvalue weighted by Gasteiger charge is -2.02. The summed E-state index contributed by atoms with van der Waals surface area (Å²) in [5.41, 5.74) is 2.29. The molecule has 0 aliphatic heterocycles. The Hall–Kier alpha value is -3.03. The smallest absolute Gasteiger partial charge is 0.256 e. The molecule has 3 aromatic rings. The zero-order valence-corrected chi connectivity index (χ0v) is 11.3. The molecule has 3 N–H and O–H groups in total. The summed E-state index contributed by atoms with van der Waals surface area (Å²) >= 11 is 0. The van der Waals surface area contributed by atoms with Crippen LogP contribution in [0.1, 0.15) is 23.0 Å². The van der Waals surface area contributed by atoms with E-state index in [0.717, 1.165) is 17.7 Å². The van der Waals surface area contributed by atoms with Crippen LogP contribution in [0.4, 0.5) is 5.82 Å². The lowest BCUT2D eigenvalue weighted by atomic mass is 10.1. The third-order valence-corrected chi connectivity index (χ3v) is 3.00. The Morgan fingerprint density at radius 1 is 1.24 bits per heavy atom. The van der Waals surface area contributed by atoms with E-state index in [1.165, 1.54) is 0 Å². The number of benzene rings is 1. The number of H-pyrrole nitrogens is 2. The summed E-state index contributed by atoms with van der Waals surface area (Å²) in [5, 5.41) is 23.2. The fraction of sp³-hybridized carbons (Fsp3) is 0.154. The number of aromatic amines is 2. The number of aryl methyl sites for hydroxylation is 1. The monoisotopic (exact) mass is 283 g/mol. The largest absolute Gasteiger partial charge is 0.305 e. The molecule has 0 saturated heterocycles. The quantitative estimate of drug-likeness (QED) is 0.670. The lowest BCUT2D eigenvalue weighted by Crippen LogP contribution is -2.12. The molecule has 21 heavy (non-hydrogen) atoms. The van der Waals surface area contributed by atoms with Crippen molar-refractivity contribution in [1.82, 2.24) is 30.8 Å². The zero-order chi connectivity index (χ0) is 14.7. The minimum absolute atomic E-state index is 0.219. The predicted octanol–water partition coefficient (Wildman–Crippen LogP) is 1.40. The van der Waals surface area contributed by atoms with Crippen molar-refractivity contribution in [2.75, 3.05) is 5.32 Å². The molecule has 1 amide bonds. The molecular weight excluding hydrogens is 270 g/mol. The number of rotatable bonds is 4. The molecule has 0 aliphatic carbocycles. The second-order valence-electron chi connectivity index (χ2n) is 4.40. The van der Waals surface area contributed by atoms with Crippen LogP contribution >= 0.6 is 0 Å². The Bertz CT molecular complexity index is 730. The highest BCUT2D eigenvalue weighted by Crippen LogP contribution is 2.15. The van der Waals surface area contributed by atoms with Crippen molar-refractivity contribution in [1.29, 1.82) is 0 Å². The summed E-state index contributed by atoms with van der Waals surface area (Å²) in [6, 6.07) is 8.75. The number of hydrogen-bond acceptors (Lipinski definition) is 5. The van der Waals surface area contributed by atoms with Crippen molar-refractivity contribution >= 4 is 11.7 Å². The number of carbonyl (C=O) groups is 1. The van der Waals surface area contributed by atoms with Gasteiger partial charge in [-0.15, -0.1) is 10.2 Å². The molecule has 3 rings (SSSR count). The minimum atomic E-state index is -0.219. The Morgan fingerprint density at radius 3 is 2.67 bits per heavy atom. The van der Waals surface area contributed by atoms with Gasteiger partial charge in [-0.25, -0.2) is 0 Å². The molecule has 2 aromatic heterocycles. The van der Waals surface area contributed by atoms with E-state index >= 15 is 0 Å². The molecule has 1 aromatic carbocycles. The van der Waals surface area contributed by atoms with E-state index in [9.17, 15) is 4.79 Å². The average Bonchev–Trinajstić information content (AvgIpc) is 3.19. The lowest BCUT2D eigenvalue weighted by molar-refractivity contribution is 0.102. The van der Waals surface area contributed by atoms with Crippen LogP contribution in [-0.2, 0) is 6.42 Å². The maximum Gasteiger partial charge on any atom is 0.256 e. The van der Waals surface area contributed by atoms with Gasteiger partial charge in [0.05, 0.1) is 0 Å². The highest BCUT2D eigenvalue weighted by atomic mass is 16.1. The maximum absolute atomic E-state index is 12.1. The maximum atomic E-state index is 12.1.